The van der Waals surface area contributed by atoms with Gasteiger partial charge in [0, 0.05) is 22.7 Å². The number of halogens is 2. The second kappa shape index (κ2) is 10.0. The summed E-state index contributed by atoms with van der Waals surface area (Å²) in [6.07, 6.45) is -0.818. The van der Waals surface area contributed by atoms with Gasteiger partial charge in [0.15, 0.2) is 5.76 Å². The van der Waals surface area contributed by atoms with Crippen LogP contribution in [-0.2, 0) is 9.47 Å². The van der Waals surface area contributed by atoms with Gasteiger partial charge < -0.3 is 19.3 Å². The Kier molecular flexibility index (Phi) is 7.21. The number of carbonyl (C=O) groups is 1. The Labute approximate surface area is 213 Å². The fourth-order valence-electron chi connectivity index (χ4n) is 3.79. The topological polar surface area (TPSA) is 103 Å². The zero-order valence-electron chi connectivity index (χ0n) is 20.1. The van der Waals surface area contributed by atoms with Gasteiger partial charge in [0.05, 0.1) is 17.7 Å². The van der Waals surface area contributed by atoms with E-state index in [0.29, 0.717) is 22.3 Å². The summed E-state index contributed by atoms with van der Waals surface area (Å²) in [6.45, 7) is 9.83. The lowest BCUT2D eigenvalue weighted by Crippen LogP contribution is -2.45. The number of nitrogens with zero attached hydrogens (tertiary/aromatic N) is 4. The lowest BCUT2D eigenvalue weighted by molar-refractivity contribution is -0.0618. The fourth-order valence-corrected chi connectivity index (χ4v) is 4.09. The number of nitrogens with one attached hydrogen (secondary N) is 1. The number of ether oxygens (including phenoxy) is 2. The molecule has 9 nitrogen and oxygen atoms in total. The average Bonchev–Trinajstić information content (AvgIpc) is 3.40. The maximum absolute atomic E-state index is 12.6. The van der Waals surface area contributed by atoms with E-state index in [1.54, 1.807) is 12.1 Å². The van der Waals surface area contributed by atoms with Gasteiger partial charge in [-0.25, -0.2) is 9.78 Å². The molecule has 3 atom stereocenters. The molecule has 1 amide bonds. The molecule has 1 saturated heterocycles. The van der Waals surface area contributed by atoms with Crippen molar-refractivity contribution < 1.29 is 18.8 Å². The molecule has 3 heterocycles. The lowest BCUT2D eigenvalue weighted by atomic mass is 10.1. The summed E-state index contributed by atoms with van der Waals surface area (Å²) in [4.78, 5) is 22.8. The predicted molar refractivity (Wildman–Crippen MR) is 134 cm³/mol. The van der Waals surface area contributed by atoms with Crippen molar-refractivity contribution in [3.63, 3.8) is 0 Å². The molecule has 1 aromatic carbocycles. The van der Waals surface area contributed by atoms with E-state index in [-0.39, 0.29) is 41.5 Å². The van der Waals surface area contributed by atoms with E-state index in [1.807, 2.05) is 52.8 Å². The van der Waals surface area contributed by atoms with Crippen LogP contribution in [0.25, 0.3) is 11.3 Å². The molecule has 1 aliphatic rings. The molecule has 3 aromatic rings. The van der Waals surface area contributed by atoms with Crippen molar-refractivity contribution in [2.45, 2.75) is 58.4 Å². The Morgan fingerprint density at radius 3 is 2.54 bits per heavy atom. The number of hydrogen-bond acceptors (Lipinski definition) is 8. The van der Waals surface area contributed by atoms with Gasteiger partial charge in [-0.2, -0.15) is 4.98 Å². The Balaban J connectivity index is 1.53. The van der Waals surface area contributed by atoms with Gasteiger partial charge in [-0.3, -0.25) is 4.90 Å². The van der Waals surface area contributed by atoms with E-state index >= 15 is 0 Å². The first-order valence-corrected chi connectivity index (χ1v) is 11.9. The van der Waals surface area contributed by atoms with Gasteiger partial charge in [-0.05, 0) is 46.8 Å². The Bertz CT molecular complexity index is 1200. The summed E-state index contributed by atoms with van der Waals surface area (Å²) in [5.41, 5.74) is 1.17. The SMILES string of the molecule is C[C@H](Nc1nc(Cl)cc(N2C(=O)OC[C@@H]2[C@@H](C)OC(C)(C)C)n1)c1cc(-c2ccc(Cl)cc2)no1. The van der Waals surface area contributed by atoms with Crippen molar-refractivity contribution in [3.05, 3.63) is 52.3 Å². The van der Waals surface area contributed by atoms with Crippen LogP contribution in [0.1, 0.15) is 46.4 Å². The molecule has 2 aromatic heterocycles. The van der Waals surface area contributed by atoms with Crippen LogP contribution in [0.15, 0.2) is 40.9 Å². The van der Waals surface area contributed by atoms with Crippen LogP contribution in [0, 0.1) is 0 Å². The second-order valence-corrected chi connectivity index (χ2v) is 10.1. The fraction of sp³-hybridized carbons (Fsp3) is 0.417. The zero-order valence-corrected chi connectivity index (χ0v) is 21.6. The van der Waals surface area contributed by atoms with Crippen molar-refractivity contribution >= 4 is 41.1 Å². The summed E-state index contributed by atoms with van der Waals surface area (Å²) >= 11 is 12.3. The molecule has 1 fully saturated rings. The summed E-state index contributed by atoms with van der Waals surface area (Å²) in [6, 6.07) is 9.96. The number of cyclic esters (lactones) is 1. The van der Waals surface area contributed by atoms with E-state index in [0.717, 1.165) is 5.56 Å². The summed E-state index contributed by atoms with van der Waals surface area (Å²) in [7, 11) is 0. The molecule has 1 aliphatic heterocycles. The van der Waals surface area contributed by atoms with E-state index in [2.05, 4.69) is 20.4 Å². The number of aromatic nitrogens is 3. The maximum Gasteiger partial charge on any atom is 0.416 e. The first kappa shape index (κ1) is 25.2. The minimum atomic E-state index is -0.518. The highest BCUT2D eigenvalue weighted by molar-refractivity contribution is 6.30. The van der Waals surface area contributed by atoms with Crippen LogP contribution >= 0.6 is 23.2 Å². The predicted octanol–water partition coefficient (Wildman–Crippen LogP) is 6.14. The number of hydrogen-bond donors (Lipinski definition) is 1. The van der Waals surface area contributed by atoms with E-state index in [9.17, 15) is 4.79 Å². The number of anilines is 2. The molecule has 4 rings (SSSR count). The summed E-state index contributed by atoms with van der Waals surface area (Å²) in [5, 5.41) is 8.12. The van der Waals surface area contributed by atoms with Crippen LogP contribution in [-0.4, -0.2) is 45.6 Å². The first-order chi connectivity index (χ1) is 16.5. The van der Waals surface area contributed by atoms with Gasteiger partial charge in [0.1, 0.15) is 29.3 Å². The van der Waals surface area contributed by atoms with Gasteiger partial charge in [-0.1, -0.05) is 40.5 Å². The van der Waals surface area contributed by atoms with Crippen molar-refractivity contribution in [1.82, 2.24) is 15.1 Å². The molecule has 0 spiro atoms. The molecule has 0 radical (unpaired) electrons. The van der Waals surface area contributed by atoms with Crippen molar-refractivity contribution in [2.24, 2.45) is 0 Å². The first-order valence-electron chi connectivity index (χ1n) is 11.2. The molecule has 0 bridgehead atoms. The standard InChI is InChI=1S/C24H27Cl2N5O4/c1-13(19-10-17(30-35-19)15-6-8-16(25)9-7-15)27-22-28-20(26)11-21(29-22)31-18(12-33-23(31)32)14(2)34-24(3,4)5/h6-11,13-14,18H,12H2,1-5H3,(H,27,28,29)/t13-,14+,18+/m0/s1. The third-order valence-electron chi connectivity index (χ3n) is 5.36. The summed E-state index contributed by atoms with van der Waals surface area (Å²) in [5.74, 6) is 1.12. The molecule has 0 aliphatic carbocycles. The van der Waals surface area contributed by atoms with E-state index in [1.165, 1.54) is 11.0 Å². The number of benzene rings is 1. The largest absolute Gasteiger partial charge is 0.447 e. The Morgan fingerprint density at radius 2 is 1.86 bits per heavy atom. The van der Waals surface area contributed by atoms with E-state index < -0.39 is 6.09 Å². The number of rotatable bonds is 7. The lowest BCUT2D eigenvalue weighted by Gasteiger charge is -2.31. The minimum Gasteiger partial charge on any atom is -0.447 e. The minimum absolute atomic E-state index is 0.173. The molecule has 35 heavy (non-hydrogen) atoms. The third kappa shape index (κ3) is 6.04. The smallest absolute Gasteiger partial charge is 0.416 e. The van der Waals surface area contributed by atoms with Gasteiger partial charge >= 0.3 is 6.09 Å². The quantitative estimate of drug-likeness (QED) is 0.371. The number of carbonyl (C=O) groups excluding carboxylic acids is 1. The van der Waals surface area contributed by atoms with Gasteiger partial charge in [0.2, 0.25) is 5.95 Å². The molecule has 11 heteroatoms. The highest BCUT2D eigenvalue weighted by atomic mass is 35.5. The Morgan fingerprint density at radius 1 is 1.14 bits per heavy atom. The summed E-state index contributed by atoms with van der Waals surface area (Å²) < 4.78 is 16.9. The maximum atomic E-state index is 12.6. The van der Waals surface area contributed by atoms with Crippen LogP contribution in [0.2, 0.25) is 10.2 Å². The molecule has 0 saturated carbocycles. The average molecular weight is 520 g/mol. The highest BCUT2D eigenvalue weighted by Crippen LogP contribution is 2.30. The van der Waals surface area contributed by atoms with Crippen molar-refractivity contribution in [3.8, 4) is 11.3 Å². The van der Waals surface area contributed by atoms with Crippen LogP contribution < -0.4 is 10.2 Å². The molecule has 1 N–H and O–H groups in total. The van der Waals surface area contributed by atoms with Crippen LogP contribution in [0.3, 0.4) is 0 Å². The van der Waals surface area contributed by atoms with Crippen molar-refractivity contribution in [1.29, 1.82) is 0 Å². The normalized spacial score (nSPS) is 17.9. The Hall–Kier alpha value is -2.88. The van der Waals surface area contributed by atoms with Gasteiger partial charge in [-0.15, -0.1) is 0 Å². The molecular formula is C24H27Cl2N5O4. The molecule has 186 valence electrons. The van der Waals surface area contributed by atoms with Crippen molar-refractivity contribution in [2.75, 3.05) is 16.8 Å². The third-order valence-corrected chi connectivity index (χ3v) is 5.80. The highest BCUT2D eigenvalue weighted by Gasteiger charge is 2.40. The molecular weight excluding hydrogens is 493 g/mol. The molecule has 0 unspecified atom stereocenters. The monoisotopic (exact) mass is 519 g/mol. The van der Waals surface area contributed by atoms with E-state index in [4.69, 9.17) is 37.2 Å². The van der Waals surface area contributed by atoms with Crippen LogP contribution in [0.5, 0.6) is 0 Å². The second-order valence-electron chi connectivity index (χ2n) is 9.31. The zero-order chi connectivity index (χ0) is 25.3. The number of amides is 1. The van der Waals surface area contributed by atoms with Crippen LogP contribution in [0.4, 0.5) is 16.6 Å². The van der Waals surface area contributed by atoms with Gasteiger partial charge in [0.25, 0.3) is 0 Å².